The highest BCUT2D eigenvalue weighted by molar-refractivity contribution is 7.09. The Morgan fingerprint density at radius 2 is 1.64 bits per heavy atom. The fourth-order valence-electron chi connectivity index (χ4n) is 4.47. The molecule has 4 aromatic carbocycles. The van der Waals surface area contributed by atoms with Crippen LogP contribution in [0.3, 0.4) is 0 Å². The van der Waals surface area contributed by atoms with Crippen LogP contribution in [0.4, 0.5) is 5.69 Å². The van der Waals surface area contributed by atoms with Crippen molar-refractivity contribution in [1.82, 2.24) is 10.3 Å². The van der Waals surface area contributed by atoms with Crippen molar-refractivity contribution in [2.45, 2.75) is 19.8 Å². The number of aromatic amines is 1. The van der Waals surface area contributed by atoms with E-state index in [2.05, 4.69) is 21.7 Å². The fraction of sp³-hybridized carbons (Fsp3) is 0.129. The van der Waals surface area contributed by atoms with Gasteiger partial charge in [0.1, 0.15) is 0 Å². The molecule has 7 nitrogen and oxygen atoms in total. The Morgan fingerprint density at radius 1 is 0.872 bits per heavy atom. The van der Waals surface area contributed by atoms with Gasteiger partial charge in [0.05, 0.1) is 4.88 Å². The zero-order valence-electron chi connectivity index (χ0n) is 21.3. The number of fused-ring (bicyclic) bond motifs is 1. The average molecular weight is 538 g/mol. The van der Waals surface area contributed by atoms with Gasteiger partial charge in [-0.15, -0.1) is 0 Å². The standard InChI is InChI=1S/C31H27N3O4S/c1-19(35)33-27-12-11-24-17-26(10-9-25(24)18-27)29(36)32-14-13-20-3-2-4-23(15-20)22-7-5-21(6-8-22)16-28-30(37)34-31(38)39-28/h2-12,15,17-18,37H,13-14,16H2,1H3,(H,32,36)(H,33,35)(H,34,38). The normalized spacial score (nSPS) is 10.9. The number of aromatic hydroxyl groups is 1. The summed E-state index contributed by atoms with van der Waals surface area (Å²) in [5.41, 5.74) is 5.57. The number of nitrogens with one attached hydrogen (secondary N) is 3. The zero-order chi connectivity index (χ0) is 27.4. The molecule has 0 saturated carbocycles. The average Bonchev–Trinajstić information content (AvgIpc) is 3.24. The first-order valence-corrected chi connectivity index (χ1v) is 13.3. The summed E-state index contributed by atoms with van der Waals surface area (Å²) in [6, 6.07) is 27.4. The molecule has 1 heterocycles. The molecule has 5 aromatic rings. The third kappa shape index (κ3) is 6.42. The molecule has 0 radical (unpaired) electrons. The van der Waals surface area contributed by atoms with Gasteiger partial charge in [-0.05, 0) is 63.7 Å². The Bertz CT molecular complexity index is 1720. The number of aromatic nitrogens is 1. The van der Waals surface area contributed by atoms with Gasteiger partial charge in [-0.25, -0.2) is 0 Å². The van der Waals surface area contributed by atoms with E-state index >= 15 is 0 Å². The molecule has 0 spiro atoms. The molecule has 5 rings (SSSR count). The van der Waals surface area contributed by atoms with Crippen molar-refractivity contribution in [1.29, 1.82) is 0 Å². The number of thiazole rings is 1. The minimum absolute atomic E-state index is 0.0632. The Kier molecular flexibility index (Phi) is 7.56. The summed E-state index contributed by atoms with van der Waals surface area (Å²) in [5, 5.41) is 17.5. The van der Waals surface area contributed by atoms with Crippen LogP contribution in [0, 0.1) is 0 Å². The third-order valence-corrected chi connectivity index (χ3v) is 7.27. The van der Waals surface area contributed by atoms with Crippen molar-refractivity contribution in [2.75, 3.05) is 11.9 Å². The summed E-state index contributed by atoms with van der Waals surface area (Å²) < 4.78 is 0. The Morgan fingerprint density at radius 3 is 2.38 bits per heavy atom. The largest absolute Gasteiger partial charge is 0.494 e. The lowest BCUT2D eigenvalue weighted by molar-refractivity contribution is -0.114. The highest BCUT2D eigenvalue weighted by Crippen LogP contribution is 2.25. The lowest BCUT2D eigenvalue weighted by Crippen LogP contribution is -2.25. The van der Waals surface area contributed by atoms with Crippen LogP contribution in [0.15, 0.2) is 89.7 Å². The second-order valence-electron chi connectivity index (χ2n) is 9.32. The molecule has 2 amide bonds. The summed E-state index contributed by atoms with van der Waals surface area (Å²) in [4.78, 5) is 38.2. The highest BCUT2D eigenvalue weighted by atomic mass is 32.1. The van der Waals surface area contributed by atoms with Crippen LogP contribution in [-0.2, 0) is 17.6 Å². The summed E-state index contributed by atoms with van der Waals surface area (Å²) >= 11 is 1.02. The molecule has 0 atom stereocenters. The van der Waals surface area contributed by atoms with Crippen LogP contribution in [0.2, 0.25) is 0 Å². The van der Waals surface area contributed by atoms with E-state index in [9.17, 15) is 19.5 Å². The number of anilines is 1. The molecule has 196 valence electrons. The van der Waals surface area contributed by atoms with Crippen molar-refractivity contribution in [3.8, 4) is 17.0 Å². The van der Waals surface area contributed by atoms with Crippen molar-refractivity contribution >= 4 is 39.6 Å². The van der Waals surface area contributed by atoms with Crippen molar-refractivity contribution in [3.63, 3.8) is 0 Å². The van der Waals surface area contributed by atoms with Gasteiger partial charge in [0.15, 0.2) is 0 Å². The number of H-pyrrole nitrogens is 1. The molecule has 0 aliphatic rings. The number of hydrogen-bond acceptors (Lipinski definition) is 5. The zero-order valence-corrected chi connectivity index (χ0v) is 22.1. The monoisotopic (exact) mass is 537 g/mol. The highest BCUT2D eigenvalue weighted by Gasteiger charge is 2.09. The first-order chi connectivity index (χ1) is 18.8. The lowest BCUT2D eigenvalue weighted by atomic mass is 10.00. The number of carbonyl (C=O) groups excluding carboxylic acids is 2. The molecule has 0 saturated heterocycles. The molecule has 4 N–H and O–H groups in total. The van der Waals surface area contributed by atoms with Crippen LogP contribution in [-0.4, -0.2) is 28.4 Å². The molecular formula is C31H27N3O4S. The molecule has 0 fully saturated rings. The van der Waals surface area contributed by atoms with Gasteiger partial charge in [0.2, 0.25) is 11.8 Å². The van der Waals surface area contributed by atoms with E-state index in [1.807, 2.05) is 72.8 Å². The molecule has 0 aliphatic heterocycles. The number of amides is 2. The molecular weight excluding hydrogens is 510 g/mol. The Hall–Kier alpha value is -4.69. The van der Waals surface area contributed by atoms with Gasteiger partial charge < -0.3 is 15.7 Å². The van der Waals surface area contributed by atoms with E-state index < -0.39 is 0 Å². The fourth-order valence-corrected chi connectivity index (χ4v) is 5.23. The minimum atomic E-state index is -0.261. The Labute approximate surface area is 229 Å². The summed E-state index contributed by atoms with van der Waals surface area (Å²) in [6.45, 7) is 1.97. The van der Waals surface area contributed by atoms with Gasteiger partial charge in [0, 0.05) is 31.1 Å². The summed E-state index contributed by atoms with van der Waals surface area (Å²) in [5.74, 6) is -0.319. The van der Waals surface area contributed by atoms with Crippen molar-refractivity contribution in [3.05, 3.63) is 116 Å². The first-order valence-electron chi connectivity index (χ1n) is 12.5. The Balaban J connectivity index is 1.18. The predicted octanol–water partition coefficient (Wildman–Crippen LogP) is 5.48. The van der Waals surface area contributed by atoms with E-state index in [0.29, 0.717) is 29.8 Å². The van der Waals surface area contributed by atoms with Gasteiger partial charge in [-0.2, -0.15) is 0 Å². The van der Waals surface area contributed by atoms with Gasteiger partial charge in [-0.3, -0.25) is 19.4 Å². The number of rotatable bonds is 8. The molecule has 0 unspecified atom stereocenters. The molecule has 39 heavy (non-hydrogen) atoms. The van der Waals surface area contributed by atoms with E-state index in [0.717, 1.165) is 50.1 Å². The smallest absolute Gasteiger partial charge is 0.307 e. The van der Waals surface area contributed by atoms with E-state index in [4.69, 9.17) is 0 Å². The van der Waals surface area contributed by atoms with Crippen LogP contribution in [0.25, 0.3) is 21.9 Å². The topological polar surface area (TPSA) is 111 Å². The SMILES string of the molecule is CC(=O)Nc1ccc2cc(C(=O)NCCc3cccc(-c4ccc(Cc5sc(=O)[nH]c5O)cc4)c3)ccc2c1. The number of benzene rings is 4. The van der Waals surface area contributed by atoms with Crippen LogP contribution >= 0.6 is 11.3 Å². The predicted molar refractivity (Wildman–Crippen MR) is 156 cm³/mol. The third-order valence-electron chi connectivity index (χ3n) is 6.40. The summed E-state index contributed by atoms with van der Waals surface area (Å²) in [7, 11) is 0. The lowest BCUT2D eigenvalue weighted by Gasteiger charge is -2.09. The molecule has 0 aliphatic carbocycles. The maximum absolute atomic E-state index is 12.8. The second-order valence-corrected chi connectivity index (χ2v) is 10.4. The van der Waals surface area contributed by atoms with Crippen LogP contribution < -0.4 is 15.5 Å². The van der Waals surface area contributed by atoms with E-state index in [-0.39, 0.29) is 22.6 Å². The van der Waals surface area contributed by atoms with Gasteiger partial charge in [-0.1, -0.05) is 72.0 Å². The van der Waals surface area contributed by atoms with E-state index in [1.54, 1.807) is 6.07 Å². The first kappa shape index (κ1) is 25.9. The van der Waals surface area contributed by atoms with Crippen molar-refractivity contribution < 1.29 is 14.7 Å². The second kappa shape index (κ2) is 11.4. The van der Waals surface area contributed by atoms with Crippen LogP contribution in [0.5, 0.6) is 5.88 Å². The van der Waals surface area contributed by atoms with Gasteiger partial charge in [0.25, 0.3) is 5.91 Å². The summed E-state index contributed by atoms with van der Waals surface area (Å²) in [6.07, 6.45) is 1.18. The minimum Gasteiger partial charge on any atom is -0.494 e. The molecule has 1 aromatic heterocycles. The number of hydrogen-bond donors (Lipinski definition) is 4. The quantitative estimate of drug-likeness (QED) is 0.210. The van der Waals surface area contributed by atoms with Gasteiger partial charge >= 0.3 is 4.87 Å². The van der Waals surface area contributed by atoms with Crippen molar-refractivity contribution in [2.24, 2.45) is 0 Å². The van der Waals surface area contributed by atoms with E-state index in [1.165, 1.54) is 6.92 Å². The molecule has 0 bridgehead atoms. The molecule has 8 heteroatoms. The maximum Gasteiger partial charge on any atom is 0.307 e. The maximum atomic E-state index is 12.8. The number of carbonyl (C=O) groups is 2. The van der Waals surface area contributed by atoms with Crippen LogP contribution in [0.1, 0.15) is 33.3 Å².